The van der Waals surface area contributed by atoms with Gasteiger partial charge in [-0.15, -0.1) is 11.3 Å². The van der Waals surface area contributed by atoms with Crippen LogP contribution in [-0.2, 0) is 6.54 Å². The van der Waals surface area contributed by atoms with Crippen molar-refractivity contribution in [2.45, 2.75) is 13.5 Å². The van der Waals surface area contributed by atoms with Crippen molar-refractivity contribution >= 4 is 28.3 Å². The fourth-order valence-electron chi connectivity index (χ4n) is 1.93. The second kappa shape index (κ2) is 4.06. The number of para-hydroxylation sites is 1. The Hall–Kier alpha value is -1.95. The predicted octanol–water partition coefficient (Wildman–Crippen LogP) is 2.57. The number of imidazole rings is 1. The van der Waals surface area contributed by atoms with Crippen molar-refractivity contribution in [1.82, 2.24) is 14.5 Å². The highest BCUT2D eigenvalue weighted by Crippen LogP contribution is 2.23. The predicted molar refractivity (Wildman–Crippen MR) is 70.1 cm³/mol. The van der Waals surface area contributed by atoms with Gasteiger partial charge < -0.3 is 10.3 Å². The summed E-state index contributed by atoms with van der Waals surface area (Å²) in [7, 11) is 0. The molecule has 0 aliphatic rings. The molecule has 0 atom stereocenters. The van der Waals surface area contributed by atoms with Crippen molar-refractivity contribution in [3.63, 3.8) is 0 Å². The van der Waals surface area contributed by atoms with E-state index in [0.717, 1.165) is 9.88 Å². The minimum absolute atomic E-state index is 0.316. The van der Waals surface area contributed by atoms with Gasteiger partial charge in [-0.2, -0.15) is 0 Å². The molecule has 0 spiro atoms. The summed E-state index contributed by atoms with van der Waals surface area (Å²) in [4.78, 5) is 9.33. The Labute approximate surface area is 107 Å². The molecule has 2 heterocycles. The van der Waals surface area contributed by atoms with Gasteiger partial charge in [0.25, 0.3) is 0 Å². The van der Waals surface area contributed by atoms with Crippen LogP contribution in [-0.4, -0.2) is 14.5 Å². The number of nitrogen functional groups attached to an aromatic ring is 1. The quantitative estimate of drug-likeness (QED) is 0.772. The number of fused-ring (bicyclic) bond motifs is 1. The Kier molecular flexibility index (Phi) is 2.52. The third-order valence-electron chi connectivity index (χ3n) is 2.74. The minimum Gasteiger partial charge on any atom is -0.369 e. The summed E-state index contributed by atoms with van der Waals surface area (Å²) in [5.41, 5.74) is 6.87. The smallest absolute Gasteiger partial charge is 0.201 e. The van der Waals surface area contributed by atoms with Crippen molar-refractivity contribution in [3.05, 3.63) is 40.1 Å². The molecule has 92 valence electrons. The normalized spacial score (nSPS) is 11.2. The Bertz CT molecular complexity index is 716. The van der Waals surface area contributed by atoms with E-state index in [1.807, 2.05) is 19.2 Å². The molecule has 0 radical (unpaired) electrons. The number of anilines is 1. The van der Waals surface area contributed by atoms with E-state index < -0.39 is 0 Å². The fourth-order valence-corrected chi connectivity index (χ4v) is 2.72. The van der Waals surface area contributed by atoms with Crippen molar-refractivity contribution in [3.8, 4) is 0 Å². The van der Waals surface area contributed by atoms with Gasteiger partial charge in [-0.1, -0.05) is 6.07 Å². The maximum atomic E-state index is 13.6. The molecule has 2 N–H and O–H groups in total. The third-order valence-corrected chi connectivity index (χ3v) is 3.64. The molecule has 0 saturated carbocycles. The third kappa shape index (κ3) is 1.74. The largest absolute Gasteiger partial charge is 0.369 e. The van der Waals surface area contributed by atoms with Gasteiger partial charge in [0.15, 0.2) is 5.82 Å². The molecule has 0 aliphatic carbocycles. The van der Waals surface area contributed by atoms with Crippen LogP contribution in [0.1, 0.15) is 9.88 Å². The van der Waals surface area contributed by atoms with Crippen LogP contribution in [0, 0.1) is 12.7 Å². The number of aromatic nitrogens is 3. The molecule has 0 fully saturated rings. The van der Waals surface area contributed by atoms with Crippen molar-refractivity contribution in [2.75, 3.05) is 5.73 Å². The Balaban J connectivity index is 2.11. The summed E-state index contributed by atoms with van der Waals surface area (Å²) in [6, 6.07) is 4.86. The van der Waals surface area contributed by atoms with Gasteiger partial charge >= 0.3 is 0 Å². The highest BCUT2D eigenvalue weighted by Gasteiger charge is 2.12. The van der Waals surface area contributed by atoms with Crippen LogP contribution in [0.2, 0.25) is 0 Å². The van der Waals surface area contributed by atoms with E-state index in [1.54, 1.807) is 22.0 Å². The number of nitrogens with two attached hydrogens (primary N) is 1. The topological polar surface area (TPSA) is 56.7 Å². The summed E-state index contributed by atoms with van der Waals surface area (Å²) in [6.45, 7) is 2.51. The number of halogens is 1. The van der Waals surface area contributed by atoms with Crippen LogP contribution in [0.4, 0.5) is 10.3 Å². The molecular weight excluding hydrogens is 251 g/mol. The molecule has 0 aliphatic heterocycles. The number of aryl methyl sites for hydroxylation is 1. The Morgan fingerprint density at radius 3 is 3.00 bits per heavy atom. The van der Waals surface area contributed by atoms with E-state index in [4.69, 9.17) is 5.73 Å². The number of hydrogen-bond acceptors (Lipinski definition) is 4. The maximum absolute atomic E-state index is 13.6. The number of nitrogens with zero attached hydrogens (tertiary/aromatic N) is 3. The van der Waals surface area contributed by atoms with E-state index >= 15 is 0 Å². The lowest BCUT2D eigenvalue weighted by molar-refractivity contribution is 0.637. The summed E-state index contributed by atoms with van der Waals surface area (Å²) < 4.78 is 15.4. The highest BCUT2D eigenvalue weighted by atomic mass is 32.1. The van der Waals surface area contributed by atoms with Gasteiger partial charge in [-0.05, 0) is 19.1 Å². The number of thiazole rings is 1. The zero-order valence-electron chi connectivity index (χ0n) is 9.72. The van der Waals surface area contributed by atoms with Crippen LogP contribution in [0.3, 0.4) is 0 Å². The lowest BCUT2D eigenvalue weighted by atomic mass is 10.3. The monoisotopic (exact) mass is 262 g/mol. The Morgan fingerprint density at radius 2 is 2.28 bits per heavy atom. The number of benzene rings is 1. The molecule has 4 nitrogen and oxygen atoms in total. The van der Waals surface area contributed by atoms with E-state index in [2.05, 4.69) is 9.97 Å². The fraction of sp³-hybridized carbons (Fsp3) is 0.167. The van der Waals surface area contributed by atoms with E-state index in [-0.39, 0.29) is 5.82 Å². The first kappa shape index (κ1) is 11.2. The van der Waals surface area contributed by atoms with E-state index in [1.165, 1.54) is 6.07 Å². The van der Waals surface area contributed by atoms with Crippen LogP contribution in [0.5, 0.6) is 0 Å². The van der Waals surface area contributed by atoms with Gasteiger partial charge in [0.1, 0.15) is 5.52 Å². The molecule has 1 aromatic carbocycles. The Morgan fingerprint density at radius 1 is 1.44 bits per heavy atom. The lowest BCUT2D eigenvalue weighted by Gasteiger charge is -2.03. The molecule has 18 heavy (non-hydrogen) atoms. The molecule has 3 rings (SSSR count). The van der Waals surface area contributed by atoms with Crippen molar-refractivity contribution < 1.29 is 4.39 Å². The summed E-state index contributed by atoms with van der Waals surface area (Å²) in [5, 5.41) is 0.999. The first-order chi connectivity index (χ1) is 8.65. The number of hydrogen-bond donors (Lipinski definition) is 1. The molecule has 0 unspecified atom stereocenters. The molecule has 3 aromatic rings. The van der Waals surface area contributed by atoms with Gasteiger partial charge in [0.05, 0.1) is 17.1 Å². The molecule has 2 aromatic heterocycles. The summed E-state index contributed by atoms with van der Waals surface area (Å²) >= 11 is 1.60. The standard InChI is InChI=1S/C12H11FN4S/c1-7-15-5-8(18-7)6-17-10-4-2-3-9(13)11(10)16-12(17)14/h2-5H,6H2,1H3,(H2,14,16). The zero-order chi connectivity index (χ0) is 12.7. The second-order valence-corrected chi connectivity index (χ2v) is 5.33. The molecular formula is C12H11FN4S. The number of rotatable bonds is 2. The lowest BCUT2D eigenvalue weighted by Crippen LogP contribution is -2.03. The van der Waals surface area contributed by atoms with Gasteiger partial charge in [0, 0.05) is 11.1 Å². The van der Waals surface area contributed by atoms with Crippen LogP contribution in [0.25, 0.3) is 11.0 Å². The maximum Gasteiger partial charge on any atom is 0.201 e. The SMILES string of the molecule is Cc1ncc(Cn2c(N)nc3c(F)cccc32)s1. The van der Waals surface area contributed by atoms with Crippen molar-refractivity contribution in [2.24, 2.45) is 0 Å². The molecule has 6 heteroatoms. The van der Waals surface area contributed by atoms with Crippen molar-refractivity contribution in [1.29, 1.82) is 0 Å². The second-order valence-electron chi connectivity index (χ2n) is 4.01. The average Bonchev–Trinajstić information content (AvgIpc) is 2.87. The minimum atomic E-state index is -0.349. The first-order valence-corrected chi connectivity index (χ1v) is 6.28. The molecule has 0 amide bonds. The first-order valence-electron chi connectivity index (χ1n) is 5.46. The summed E-state index contributed by atoms with van der Waals surface area (Å²) in [6.07, 6.45) is 1.81. The molecule has 0 saturated heterocycles. The van der Waals surface area contributed by atoms with E-state index in [0.29, 0.717) is 23.5 Å². The average molecular weight is 262 g/mol. The van der Waals surface area contributed by atoms with Gasteiger partial charge in [-0.3, -0.25) is 0 Å². The van der Waals surface area contributed by atoms with Crippen LogP contribution >= 0.6 is 11.3 Å². The zero-order valence-corrected chi connectivity index (χ0v) is 10.5. The highest BCUT2D eigenvalue weighted by molar-refractivity contribution is 7.11. The molecule has 0 bridgehead atoms. The summed E-state index contributed by atoms with van der Waals surface area (Å²) in [5.74, 6) is -0.0282. The van der Waals surface area contributed by atoms with Gasteiger partial charge in [-0.25, -0.2) is 14.4 Å². The van der Waals surface area contributed by atoms with Crippen LogP contribution < -0.4 is 5.73 Å². The van der Waals surface area contributed by atoms with Gasteiger partial charge in [0.2, 0.25) is 5.95 Å². The van der Waals surface area contributed by atoms with Crippen LogP contribution in [0.15, 0.2) is 24.4 Å². The van der Waals surface area contributed by atoms with E-state index in [9.17, 15) is 4.39 Å².